The number of benzene rings is 1. The van der Waals surface area contributed by atoms with Gasteiger partial charge in [0.05, 0.1) is 20.7 Å². The molecule has 1 atom stereocenters. The predicted octanol–water partition coefficient (Wildman–Crippen LogP) is 3.33. The van der Waals surface area contributed by atoms with Gasteiger partial charge in [0.25, 0.3) is 0 Å². The molecule has 0 aliphatic carbocycles. The van der Waals surface area contributed by atoms with E-state index in [1.165, 1.54) is 5.56 Å². The maximum absolute atomic E-state index is 12.1. The first kappa shape index (κ1) is 12.6. The van der Waals surface area contributed by atoms with Crippen molar-refractivity contribution in [2.75, 3.05) is 11.5 Å². The van der Waals surface area contributed by atoms with E-state index in [1.54, 1.807) is 29.5 Å². The van der Waals surface area contributed by atoms with Gasteiger partial charge >= 0.3 is 0 Å². The number of thiophene rings is 1. The van der Waals surface area contributed by atoms with Crippen molar-refractivity contribution in [2.24, 2.45) is 0 Å². The predicted molar refractivity (Wildman–Crippen MR) is 75.2 cm³/mol. The van der Waals surface area contributed by atoms with E-state index < -0.39 is 10.8 Å². The number of nitrogen functional groups attached to an aromatic ring is 1. The molecule has 2 nitrogen and oxygen atoms in total. The van der Waals surface area contributed by atoms with Crippen molar-refractivity contribution in [2.45, 2.75) is 11.3 Å². The van der Waals surface area contributed by atoms with E-state index in [1.807, 2.05) is 11.4 Å². The molecule has 5 heteroatoms. The molecule has 17 heavy (non-hydrogen) atoms. The third-order valence-electron chi connectivity index (χ3n) is 2.36. The summed E-state index contributed by atoms with van der Waals surface area (Å²) in [6.45, 7) is 0. The number of halogens is 1. The number of rotatable bonds is 4. The topological polar surface area (TPSA) is 43.1 Å². The van der Waals surface area contributed by atoms with E-state index in [9.17, 15) is 4.21 Å². The molecule has 0 fully saturated rings. The molecule has 0 saturated carbocycles. The van der Waals surface area contributed by atoms with Crippen molar-refractivity contribution in [1.82, 2.24) is 0 Å². The van der Waals surface area contributed by atoms with Crippen LogP contribution in [0.1, 0.15) is 5.56 Å². The minimum atomic E-state index is -1.10. The second kappa shape index (κ2) is 5.67. The molecule has 1 unspecified atom stereocenters. The monoisotopic (exact) mass is 285 g/mol. The largest absolute Gasteiger partial charge is 0.399 e. The molecule has 2 aromatic rings. The molecular formula is C12H12ClNOS2. The average Bonchev–Trinajstić information content (AvgIpc) is 2.82. The quantitative estimate of drug-likeness (QED) is 0.876. The summed E-state index contributed by atoms with van der Waals surface area (Å²) in [5.74, 6) is 0.569. The van der Waals surface area contributed by atoms with Crippen molar-refractivity contribution in [1.29, 1.82) is 0 Å². The Morgan fingerprint density at radius 1 is 1.35 bits per heavy atom. The zero-order valence-corrected chi connectivity index (χ0v) is 11.4. The Hall–Kier alpha value is -0.840. The van der Waals surface area contributed by atoms with Crippen LogP contribution in [0.3, 0.4) is 0 Å². The normalized spacial score (nSPS) is 12.5. The summed E-state index contributed by atoms with van der Waals surface area (Å²) >= 11 is 7.65. The van der Waals surface area contributed by atoms with Crippen LogP contribution in [0.4, 0.5) is 5.69 Å². The van der Waals surface area contributed by atoms with Gasteiger partial charge in [0.2, 0.25) is 0 Å². The van der Waals surface area contributed by atoms with Crippen LogP contribution in [0.2, 0.25) is 5.02 Å². The third-order valence-corrected chi connectivity index (χ3v) is 4.93. The van der Waals surface area contributed by atoms with Crippen LogP contribution >= 0.6 is 22.9 Å². The number of nitrogens with two attached hydrogens (primary N) is 1. The summed E-state index contributed by atoms with van der Waals surface area (Å²) in [4.78, 5) is 0.627. The molecule has 0 bridgehead atoms. The molecule has 1 aromatic heterocycles. The van der Waals surface area contributed by atoms with E-state index in [-0.39, 0.29) is 0 Å². The van der Waals surface area contributed by atoms with Gasteiger partial charge in [0.1, 0.15) is 0 Å². The van der Waals surface area contributed by atoms with E-state index in [4.69, 9.17) is 17.3 Å². The number of hydrogen-bond donors (Lipinski definition) is 1. The minimum Gasteiger partial charge on any atom is -0.399 e. The first-order chi connectivity index (χ1) is 8.16. The maximum atomic E-state index is 12.1. The number of hydrogen-bond acceptors (Lipinski definition) is 3. The van der Waals surface area contributed by atoms with Gasteiger partial charge < -0.3 is 5.73 Å². The summed E-state index contributed by atoms with van der Waals surface area (Å²) < 4.78 is 12.1. The Bertz CT molecular complexity index is 525. The first-order valence-electron chi connectivity index (χ1n) is 5.11. The lowest BCUT2D eigenvalue weighted by Crippen LogP contribution is -2.02. The van der Waals surface area contributed by atoms with Crippen LogP contribution < -0.4 is 5.73 Å². The van der Waals surface area contributed by atoms with Crippen LogP contribution in [0.25, 0.3) is 0 Å². The van der Waals surface area contributed by atoms with Gasteiger partial charge in [-0.15, -0.1) is 0 Å². The molecule has 0 aliphatic rings. The van der Waals surface area contributed by atoms with Gasteiger partial charge in [0.15, 0.2) is 0 Å². The van der Waals surface area contributed by atoms with Gasteiger partial charge in [-0.05, 0) is 47.0 Å². The fourth-order valence-electron chi connectivity index (χ4n) is 1.45. The Morgan fingerprint density at radius 3 is 2.88 bits per heavy atom. The second-order valence-electron chi connectivity index (χ2n) is 3.62. The lowest BCUT2D eigenvalue weighted by molar-refractivity contribution is 0.682. The van der Waals surface area contributed by atoms with Crippen molar-refractivity contribution >= 4 is 39.4 Å². The minimum absolute atomic E-state index is 0.517. The van der Waals surface area contributed by atoms with E-state index in [0.29, 0.717) is 21.4 Å². The van der Waals surface area contributed by atoms with E-state index in [2.05, 4.69) is 5.38 Å². The third kappa shape index (κ3) is 3.31. The average molecular weight is 286 g/mol. The molecule has 0 spiro atoms. The zero-order valence-electron chi connectivity index (χ0n) is 9.06. The van der Waals surface area contributed by atoms with Gasteiger partial charge in [-0.2, -0.15) is 11.3 Å². The van der Waals surface area contributed by atoms with Crippen molar-refractivity contribution in [3.05, 3.63) is 45.6 Å². The highest BCUT2D eigenvalue weighted by Crippen LogP contribution is 2.23. The fraction of sp³-hybridized carbons (Fsp3) is 0.167. The molecular weight excluding hydrogens is 274 g/mol. The summed E-state index contributed by atoms with van der Waals surface area (Å²) in [6, 6.07) is 7.13. The summed E-state index contributed by atoms with van der Waals surface area (Å²) in [7, 11) is -1.10. The van der Waals surface area contributed by atoms with Crippen LogP contribution in [0.15, 0.2) is 39.9 Å². The Balaban J connectivity index is 2.07. The molecule has 0 radical (unpaired) electrons. The Morgan fingerprint density at radius 2 is 2.18 bits per heavy atom. The fourth-order valence-corrected chi connectivity index (χ4v) is 3.72. The highest BCUT2D eigenvalue weighted by Gasteiger charge is 2.09. The van der Waals surface area contributed by atoms with Crippen molar-refractivity contribution in [3.8, 4) is 0 Å². The van der Waals surface area contributed by atoms with Crippen LogP contribution in [0.5, 0.6) is 0 Å². The Kier molecular flexibility index (Phi) is 4.20. The molecule has 1 aromatic carbocycles. The lowest BCUT2D eigenvalue weighted by Gasteiger charge is -2.05. The zero-order chi connectivity index (χ0) is 12.3. The number of aryl methyl sites for hydroxylation is 1. The van der Waals surface area contributed by atoms with Crippen LogP contribution in [0, 0.1) is 0 Å². The molecule has 2 rings (SSSR count). The van der Waals surface area contributed by atoms with Crippen molar-refractivity contribution < 1.29 is 4.21 Å². The van der Waals surface area contributed by atoms with Crippen LogP contribution in [-0.4, -0.2) is 9.96 Å². The van der Waals surface area contributed by atoms with Gasteiger partial charge in [-0.25, -0.2) is 0 Å². The lowest BCUT2D eigenvalue weighted by atomic mass is 10.3. The van der Waals surface area contributed by atoms with Gasteiger partial charge in [-0.1, -0.05) is 11.6 Å². The van der Waals surface area contributed by atoms with E-state index >= 15 is 0 Å². The molecule has 0 amide bonds. The SMILES string of the molecule is Nc1ccc(Cl)c(S(=O)CCc2ccsc2)c1. The molecule has 0 saturated heterocycles. The second-order valence-corrected chi connectivity index (χ2v) is 6.35. The van der Waals surface area contributed by atoms with E-state index in [0.717, 1.165) is 6.42 Å². The molecule has 2 N–H and O–H groups in total. The van der Waals surface area contributed by atoms with Crippen molar-refractivity contribution in [3.63, 3.8) is 0 Å². The number of anilines is 1. The summed E-state index contributed by atoms with van der Waals surface area (Å²) in [6.07, 6.45) is 0.793. The molecule has 0 aliphatic heterocycles. The highest BCUT2D eigenvalue weighted by atomic mass is 35.5. The Labute approximate surface area is 112 Å². The first-order valence-corrected chi connectivity index (χ1v) is 7.75. The molecule has 1 heterocycles. The summed E-state index contributed by atoms with van der Waals surface area (Å²) in [5, 5.41) is 4.60. The molecule has 90 valence electrons. The smallest absolute Gasteiger partial charge is 0.0594 e. The summed E-state index contributed by atoms with van der Waals surface area (Å²) in [5.41, 5.74) is 7.47. The highest BCUT2D eigenvalue weighted by molar-refractivity contribution is 7.85. The maximum Gasteiger partial charge on any atom is 0.0594 e. The van der Waals surface area contributed by atoms with Crippen LogP contribution in [-0.2, 0) is 17.2 Å². The van der Waals surface area contributed by atoms with Gasteiger partial charge in [-0.3, -0.25) is 4.21 Å². The van der Waals surface area contributed by atoms with Gasteiger partial charge in [0, 0.05) is 11.4 Å². The standard InChI is InChI=1S/C12H12ClNOS2/c13-11-2-1-10(14)7-12(11)17(15)6-4-9-3-5-16-8-9/h1-3,5,7-8H,4,6,14H2.